The second-order valence-corrected chi connectivity index (χ2v) is 6.30. The minimum atomic E-state index is -2.13. The number of aliphatic hydroxyl groups is 1. The van der Waals surface area contributed by atoms with Crippen molar-refractivity contribution in [2.75, 3.05) is 11.4 Å². The van der Waals surface area contributed by atoms with Crippen LogP contribution in [0.15, 0.2) is 48.5 Å². The van der Waals surface area contributed by atoms with Crippen LogP contribution in [0.5, 0.6) is 0 Å². The molecule has 0 saturated carbocycles. The van der Waals surface area contributed by atoms with Crippen LogP contribution in [0, 0.1) is 5.82 Å². The summed E-state index contributed by atoms with van der Waals surface area (Å²) in [5.74, 6) is -2.01. The number of carbonyl (C=O) groups excluding carboxylic acids is 2. The number of benzene rings is 2. The fraction of sp³-hybridized carbons (Fsp3) is 0.222. The standard InChI is InChI=1S/C18H16ClFN2O3/c19-13-8-12(9-14(20)10-13)11-21-16(23)18(25)6-7-22(17(18)24)15-4-2-1-3-5-15/h1-5,8-10,25H,6-7,11H2,(H,21,23). The zero-order valence-corrected chi connectivity index (χ0v) is 14.0. The fourth-order valence-corrected chi connectivity index (χ4v) is 3.06. The Labute approximate surface area is 149 Å². The molecule has 1 aliphatic rings. The van der Waals surface area contributed by atoms with Gasteiger partial charge < -0.3 is 15.3 Å². The first-order valence-corrected chi connectivity index (χ1v) is 8.10. The average Bonchev–Trinajstić information content (AvgIpc) is 2.89. The third kappa shape index (κ3) is 3.50. The summed E-state index contributed by atoms with van der Waals surface area (Å²) in [7, 11) is 0. The molecule has 0 bridgehead atoms. The van der Waals surface area contributed by atoms with Gasteiger partial charge in [0.1, 0.15) is 5.82 Å². The molecule has 0 radical (unpaired) electrons. The molecule has 1 saturated heterocycles. The first-order chi connectivity index (χ1) is 11.9. The van der Waals surface area contributed by atoms with Crippen molar-refractivity contribution in [2.24, 2.45) is 0 Å². The normalized spacial score (nSPS) is 20.0. The molecule has 2 aromatic rings. The van der Waals surface area contributed by atoms with Gasteiger partial charge in [0.05, 0.1) is 0 Å². The summed E-state index contributed by atoms with van der Waals surface area (Å²) in [5.41, 5.74) is -1.08. The van der Waals surface area contributed by atoms with E-state index in [1.165, 1.54) is 17.0 Å². The largest absolute Gasteiger partial charge is 0.372 e. The van der Waals surface area contributed by atoms with E-state index in [4.69, 9.17) is 11.6 Å². The van der Waals surface area contributed by atoms with E-state index >= 15 is 0 Å². The van der Waals surface area contributed by atoms with Gasteiger partial charge in [0, 0.05) is 30.2 Å². The Kier molecular flexibility index (Phi) is 4.74. The number of nitrogens with one attached hydrogen (secondary N) is 1. The highest BCUT2D eigenvalue weighted by Crippen LogP contribution is 2.28. The Morgan fingerprint density at radius 2 is 2.00 bits per heavy atom. The summed E-state index contributed by atoms with van der Waals surface area (Å²) in [6.07, 6.45) is -0.0174. The Morgan fingerprint density at radius 1 is 1.28 bits per heavy atom. The molecule has 0 spiro atoms. The molecule has 25 heavy (non-hydrogen) atoms. The van der Waals surface area contributed by atoms with Crippen LogP contribution in [-0.4, -0.2) is 29.1 Å². The lowest BCUT2D eigenvalue weighted by molar-refractivity contribution is -0.149. The van der Waals surface area contributed by atoms with E-state index in [1.807, 2.05) is 6.07 Å². The second-order valence-electron chi connectivity index (χ2n) is 5.86. The molecule has 2 amide bonds. The Morgan fingerprint density at radius 3 is 2.68 bits per heavy atom. The maximum atomic E-state index is 13.3. The number of carbonyl (C=O) groups is 2. The van der Waals surface area contributed by atoms with Crippen molar-refractivity contribution >= 4 is 29.1 Å². The van der Waals surface area contributed by atoms with Gasteiger partial charge >= 0.3 is 0 Å². The van der Waals surface area contributed by atoms with Crippen LogP contribution in [-0.2, 0) is 16.1 Å². The molecule has 1 fully saturated rings. The number of hydrogen-bond donors (Lipinski definition) is 2. The van der Waals surface area contributed by atoms with Crippen LogP contribution < -0.4 is 10.2 Å². The van der Waals surface area contributed by atoms with E-state index in [0.29, 0.717) is 11.3 Å². The third-order valence-corrected chi connectivity index (χ3v) is 4.33. The monoisotopic (exact) mass is 362 g/mol. The van der Waals surface area contributed by atoms with E-state index in [1.54, 1.807) is 24.3 Å². The number of para-hydroxylation sites is 1. The molecular weight excluding hydrogens is 347 g/mol. The highest BCUT2D eigenvalue weighted by molar-refractivity contribution is 6.30. The Balaban J connectivity index is 1.70. The zero-order valence-electron chi connectivity index (χ0n) is 13.2. The Hall–Kier alpha value is -2.44. The van der Waals surface area contributed by atoms with Gasteiger partial charge in [-0.3, -0.25) is 9.59 Å². The van der Waals surface area contributed by atoms with Crippen LogP contribution in [0.2, 0.25) is 5.02 Å². The second kappa shape index (κ2) is 6.82. The van der Waals surface area contributed by atoms with Crippen LogP contribution in [0.4, 0.5) is 10.1 Å². The highest BCUT2D eigenvalue weighted by Gasteiger charge is 2.51. The van der Waals surface area contributed by atoms with Gasteiger partial charge in [0.2, 0.25) is 5.60 Å². The number of rotatable bonds is 4. The van der Waals surface area contributed by atoms with Gasteiger partial charge in [-0.15, -0.1) is 0 Å². The molecule has 0 aromatic heterocycles. The molecular formula is C18H16ClFN2O3. The molecule has 2 N–H and O–H groups in total. The predicted octanol–water partition coefficient (Wildman–Crippen LogP) is 2.26. The number of halogens is 2. The number of anilines is 1. The molecule has 1 unspecified atom stereocenters. The number of amides is 2. The van der Waals surface area contributed by atoms with Gasteiger partial charge in [-0.05, 0) is 35.9 Å². The molecule has 1 atom stereocenters. The maximum Gasteiger partial charge on any atom is 0.268 e. The first kappa shape index (κ1) is 17.4. The Bertz CT molecular complexity index is 795. The highest BCUT2D eigenvalue weighted by atomic mass is 35.5. The quantitative estimate of drug-likeness (QED) is 0.820. The SMILES string of the molecule is O=C(NCc1cc(F)cc(Cl)c1)C1(O)CCN(c2ccccc2)C1=O. The minimum absolute atomic E-state index is 0.0174. The van der Waals surface area contributed by atoms with Gasteiger partial charge in [-0.1, -0.05) is 29.8 Å². The van der Waals surface area contributed by atoms with E-state index in [2.05, 4.69) is 5.32 Å². The minimum Gasteiger partial charge on any atom is -0.372 e. The van der Waals surface area contributed by atoms with Gasteiger partial charge in [-0.2, -0.15) is 0 Å². The molecule has 2 aromatic carbocycles. The molecule has 1 aliphatic heterocycles. The first-order valence-electron chi connectivity index (χ1n) is 7.73. The van der Waals surface area contributed by atoms with Crippen LogP contribution in [0.3, 0.4) is 0 Å². The maximum absolute atomic E-state index is 13.3. The summed E-state index contributed by atoms with van der Waals surface area (Å²) in [6.45, 7) is 0.190. The van der Waals surface area contributed by atoms with E-state index in [0.717, 1.165) is 6.07 Å². The molecule has 5 nitrogen and oxygen atoms in total. The van der Waals surface area contributed by atoms with E-state index in [9.17, 15) is 19.1 Å². The number of hydrogen-bond acceptors (Lipinski definition) is 3. The smallest absolute Gasteiger partial charge is 0.268 e. The summed E-state index contributed by atoms with van der Waals surface area (Å²) < 4.78 is 13.3. The zero-order chi connectivity index (χ0) is 18.0. The molecule has 3 rings (SSSR count). The topological polar surface area (TPSA) is 69.6 Å². The van der Waals surface area contributed by atoms with Gasteiger partial charge in [0.15, 0.2) is 0 Å². The summed E-state index contributed by atoms with van der Waals surface area (Å²) in [4.78, 5) is 26.3. The van der Waals surface area contributed by atoms with Crippen molar-refractivity contribution in [1.82, 2.24) is 5.32 Å². The lowest BCUT2D eigenvalue weighted by Gasteiger charge is -2.21. The van der Waals surface area contributed by atoms with Crippen molar-refractivity contribution in [2.45, 2.75) is 18.6 Å². The van der Waals surface area contributed by atoms with Crippen LogP contribution in [0.1, 0.15) is 12.0 Å². The third-order valence-electron chi connectivity index (χ3n) is 4.12. The van der Waals surface area contributed by atoms with Gasteiger partial charge in [-0.25, -0.2) is 4.39 Å². The van der Waals surface area contributed by atoms with Crippen LogP contribution in [0.25, 0.3) is 0 Å². The lowest BCUT2D eigenvalue weighted by Crippen LogP contribution is -2.52. The molecule has 1 heterocycles. The van der Waals surface area contributed by atoms with Crippen molar-refractivity contribution in [3.63, 3.8) is 0 Å². The van der Waals surface area contributed by atoms with Crippen molar-refractivity contribution < 1.29 is 19.1 Å². The van der Waals surface area contributed by atoms with Crippen molar-refractivity contribution in [3.8, 4) is 0 Å². The van der Waals surface area contributed by atoms with Crippen molar-refractivity contribution in [3.05, 3.63) is 64.9 Å². The van der Waals surface area contributed by atoms with Crippen molar-refractivity contribution in [1.29, 1.82) is 0 Å². The fourth-order valence-electron chi connectivity index (χ4n) is 2.81. The lowest BCUT2D eigenvalue weighted by atomic mass is 10.0. The molecule has 0 aliphatic carbocycles. The molecule has 130 valence electrons. The van der Waals surface area contributed by atoms with E-state index < -0.39 is 23.2 Å². The summed E-state index contributed by atoms with van der Waals surface area (Å²) >= 11 is 5.77. The predicted molar refractivity (Wildman–Crippen MR) is 91.6 cm³/mol. The molecule has 7 heteroatoms. The summed E-state index contributed by atoms with van der Waals surface area (Å²) in [5, 5.41) is 13.2. The van der Waals surface area contributed by atoms with Gasteiger partial charge in [0.25, 0.3) is 11.8 Å². The number of nitrogens with zero attached hydrogens (tertiary/aromatic N) is 1. The van der Waals surface area contributed by atoms with Crippen LogP contribution >= 0.6 is 11.6 Å². The van der Waals surface area contributed by atoms with E-state index in [-0.39, 0.29) is 24.5 Å². The average molecular weight is 363 g/mol. The summed E-state index contributed by atoms with van der Waals surface area (Å²) in [6, 6.07) is 12.7.